The number of amides is 1. The number of carbonyl (C=O) groups excluding carboxylic acids is 2. The monoisotopic (exact) mass is 419 g/mol. The zero-order valence-electron chi connectivity index (χ0n) is 15.4. The van der Waals surface area contributed by atoms with Gasteiger partial charge in [-0.25, -0.2) is 13.2 Å². The predicted molar refractivity (Wildman–Crippen MR) is 109 cm³/mol. The van der Waals surface area contributed by atoms with Gasteiger partial charge in [0.2, 0.25) is 0 Å². The van der Waals surface area contributed by atoms with Crippen LogP contribution in [-0.2, 0) is 19.4 Å². The Hall–Kier alpha value is -2.32. The number of hydrogen-bond donors (Lipinski definition) is 0. The third-order valence-electron chi connectivity index (χ3n) is 4.53. The molecule has 3 rings (SSSR count). The quantitative estimate of drug-likeness (QED) is 0.529. The smallest absolute Gasteiger partial charge is 0.339 e. The first-order valence-corrected chi connectivity index (χ1v) is 11.8. The Labute approximate surface area is 168 Å². The van der Waals surface area contributed by atoms with Crippen LogP contribution >= 0.6 is 11.8 Å². The minimum atomic E-state index is -3.17. The normalized spacial score (nSPS) is 17.8. The second kappa shape index (κ2) is 8.79. The average molecular weight is 420 g/mol. The van der Waals surface area contributed by atoms with Crippen molar-refractivity contribution in [2.75, 3.05) is 29.3 Å². The Bertz CT molecular complexity index is 960. The standard InChI is InChI=1S/C20H21NO5S2/c1-27-18-10-6-5-9-17(18)20(23)26-13-19(22)21(15-7-3-2-4-8-15)16-11-12-28(24,25)14-16/h2-10,16H,11-14H2,1H3/t16-/m1/s1. The third kappa shape index (κ3) is 4.74. The topological polar surface area (TPSA) is 80.8 Å². The zero-order chi connectivity index (χ0) is 20.1. The molecule has 0 aliphatic carbocycles. The first kappa shape index (κ1) is 20.4. The molecule has 8 heteroatoms. The molecule has 0 saturated carbocycles. The van der Waals surface area contributed by atoms with Crippen LogP contribution in [-0.4, -0.2) is 50.7 Å². The summed E-state index contributed by atoms with van der Waals surface area (Å²) in [4.78, 5) is 27.5. The number of rotatable bonds is 6. The Kier molecular flexibility index (Phi) is 6.41. The molecule has 1 fully saturated rings. The summed E-state index contributed by atoms with van der Waals surface area (Å²) in [6, 6.07) is 15.4. The van der Waals surface area contributed by atoms with E-state index in [-0.39, 0.29) is 11.5 Å². The summed E-state index contributed by atoms with van der Waals surface area (Å²) in [5.74, 6) is -1.06. The number of ether oxygens (including phenoxy) is 1. The molecule has 2 aromatic carbocycles. The summed E-state index contributed by atoms with van der Waals surface area (Å²) >= 11 is 1.42. The first-order chi connectivity index (χ1) is 13.4. The summed E-state index contributed by atoms with van der Waals surface area (Å²) < 4.78 is 29.0. The number of para-hydroxylation sites is 1. The Morgan fingerprint density at radius 3 is 2.43 bits per heavy atom. The summed E-state index contributed by atoms with van der Waals surface area (Å²) in [7, 11) is -3.17. The molecule has 148 valence electrons. The lowest BCUT2D eigenvalue weighted by Gasteiger charge is -2.28. The summed E-state index contributed by atoms with van der Waals surface area (Å²) in [5.41, 5.74) is 0.993. The van der Waals surface area contributed by atoms with Crippen molar-refractivity contribution in [2.24, 2.45) is 0 Å². The average Bonchev–Trinajstić information content (AvgIpc) is 3.06. The van der Waals surface area contributed by atoms with Crippen LogP contribution < -0.4 is 4.90 Å². The number of thioether (sulfide) groups is 1. The fraction of sp³-hybridized carbons (Fsp3) is 0.300. The molecule has 0 aromatic heterocycles. The number of sulfone groups is 1. The van der Waals surface area contributed by atoms with Crippen molar-refractivity contribution < 1.29 is 22.7 Å². The van der Waals surface area contributed by atoms with Crippen molar-refractivity contribution in [3.63, 3.8) is 0 Å². The molecule has 0 N–H and O–H groups in total. The van der Waals surface area contributed by atoms with E-state index in [0.29, 0.717) is 17.7 Å². The summed E-state index contributed by atoms with van der Waals surface area (Å²) in [6.45, 7) is -0.451. The van der Waals surface area contributed by atoms with Crippen molar-refractivity contribution in [2.45, 2.75) is 17.4 Å². The fourth-order valence-corrected chi connectivity index (χ4v) is 5.50. The second-order valence-corrected chi connectivity index (χ2v) is 9.51. The lowest BCUT2D eigenvalue weighted by atomic mass is 10.2. The molecule has 1 amide bonds. The van der Waals surface area contributed by atoms with E-state index >= 15 is 0 Å². The van der Waals surface area contributed by atoms with Crippen LogP contribution in [0.15, 0.2) is 59.5 Å². The van der Waals surface area contributed by atoms with Gasteiger partial charge in [-0.1, -0.05) is 30.3 Å². The van der Waals surface area contributed by atoms with Gasteiger partial charge in [0.15, 0.2) is 16.4 Å². The molecule has 0 bridgehead atoms. The van der Waals surface area contributed by atoms with Gasteiger partial charge in [0.05, 0.1) is 23.1 Å². The highest BCUT2D eigenvalue weighted by Crippen LogP contribution is 2.25. The molecule has 2 aromatic rings. The highest BCUT2D eigenvalue weighted by molar-refractivity contribution is 7.98. The molecule has 6 nitrogen and oxygen atoms in total. The van der Waals surface area contributed by atoms with Gasteiger partial charge in [-0.3, -0.25) is 4.79 Å². The highest BCUT2D eigenvalue weighted by atomic mass is 32.2. The van der Waals surface area contributed by atoms with Crippen LogP contribution in [0.5, 0.6) is 0 Å². The minimum Gasteiger partial charge on any atom is -0.452 e. The Morgan fingerprint density at radius 2 is 1.79 bits per heavy atom. The van der Waals surface area contributed by atoms with Gasteiger partial charge >= 0.3 is 5.97 Å². The molecular weight excluding hydrogens is 398 g/mol. The maximum Gasteiger partial charge on any atom is 0.339 e. The molecule has 0 radical (unpaired) electrons. The van der Waals surface area contributed by atoms with Gasteiger partial charge in [-0.2, -0.15) is 0 Å². The van der Waals surface area contributed by atoms with E-state index in [1.165, 1.54) is 16.7 Å². The molecule has 1 saturated heterocycles. The molecular formula is C20H21NO5S2. The van der Waals surface area contributed by atoms with Gasteiger partial charge in [0.25, 0.3) is 5.91 Å². The van der Waals surface area contributed by atoms with Gasteiger partial charge in [0.1, 0.15) is 0 Å². The van der Waals surface area contributed by atoms with E-state index in [4.69, 9.17) is 4.74 Å². The van der Waals surface area contributed by atoms with E-state index < -0.39 is 34.4 Å². The van der Waals surface area contributed by atoms with Crippen molar-refractivity contribution in [3.05, 3.63) is 60.2 Å². The van der Waals surface area contributed by atoms with E-state index in [2.05, 4.69) is 0 Å². The van der Waals surface area contributed by atoms with E-state index in [0.717, 1.165) is 4.90 Å². The number of hydrogen-bond acceptors (Lipinski definition) is 6. The minimum absolute atomic E-state index is 0.0508. The molecule has 1 aliphatic heterocycles. The maximum absolute atomic E-state index is 12.9. The predicted octanol–water partition coefficient (Wildman–Crippen LogP) is 2.79. The van der Waals surface area contributed by atoms with Crippen LogP contribution in [0.3, 0.4) is 0 Å². The van der Waals surface area contributed by atoms with Crippen molar-refractivity contribution in [3.8, 4) is 0 Å². The molecule has 1 aliphatic rings. The fourth-order valence-electron chi connectivity index (χ4n) is 3.21. The van der Waals surface area contributed by atoms with Crippen molar-refractivity contribution in [1.29, 1.82) is 0 Å². The molecule has 0 spiro atoms. The van der Waals surface area contributed by atoms with Crippen LogP contribution in [0.1, 0.15) is 16.8 Å². The number of nitrogens with zero attached hydrogens (tertiary/aromatic N) is 1. The Balaban J connectivity index is 1.76. The van der Waals surface area contributed by atoms with Crippen LogP contribution in [0.4, 0.5) is 5.69 Å². The van der Waals surface area contributed by atoms with Crippen molar-refractivity contribution >= 4 is 39.2 Å². The molecule has 0 unspecified atom stereocenters. The largest absolute Gasteiger partial charge is 0.452 e. The van der Waals surface area contributed by atoms with E-state index in [9.17, 15) is 18.0 Å². The van der Waals surface area contributed by atoms with Gasteiger partial charge < -0.3 is 9.64 Å². The molecule has 1 heterocycles. The Morgan fingerprint density at radius 1 is 1.11 bits per heavy atom. The molecule has 28 heavy (non-hydrogen) atoms. The first-order valence-electron chi connectivity index (χ1n) is 8.79. The SMILES string of the molecule is CSc1ccccc1C(=O)OCC(=O)N(c1ccccc1)[C@@H]1CCS(=O)(=O)C1. The number of anilines is 1. The van der Waals surface area contributed by atoms with Crippen LogP contribution in [0, 0.1) is 0 Å². The number of esters is 1. The second-order valence-electron chi connectivity index (χ2n) is 6.43. The molecule has 1 atom stereocenters. The maximum atomic E-state index is 12.9. The van der Waals surface area contributed by atoms with Gasteiger partial charge in [-0.15, -0.1) is 11.8 Å². The van der Waals surface area contributed by atoms with Crippen molar-refractivity contribution in [1.82, 2.24) is 0 Å². The highest BCUT2D eigenvalue weighted by Gasteiger charge is 2.35. The lowest BCUT2D eigenvalue weighted by Crippen LogP contribution is -2.43. The zero-order valence-corrected chi connectivity index (χ0v) is 17.0. The summed E-state index contributed by atoms with van der Waals surface area (Å²) in [5, 5.41) is 0. The summed E-state index contributed by atoms with van der Waals surface area (Å²) in [6.07, 6.45) is 2.22. The van der Waals surface area contributed by atoms with Gasteiger partial charge in [0, 0.05) is 10.6 Å². The number of carbonyl (C=O) groups is 2. The van der Waals surface area contributed by atoms with Crippen LogP contribution in [0.25, 0.3) is 0 Å². The van der Waals surface area contributed by atoms with E-state index in [1.54, 1.807) is 36.4 Å². The number of benzene rings is 2. The lowest BCUT2D eigenvalue weighted by molar-refractivity contribution is -0.122. The van der Waals surface area contributed by atoms with E-state index in [1.807, 2.05) is 24.5 Å². The van der Waals surface area contributed by atoms with Gasteiger partial charge in [-0.05, 0) is 36.9 Å². The van der Waals surface area contributed by atoms with Crippen LogP contribution in [0.2, 0.25) is 0 Å². The third-order valence-corrected chi connectivity index (χ3v) is 7.08.